The minimum absolute atomic E-state index is 0.0179. The number of likely N-dealkylation sites (tertiary alicyclic amines) is 1. The van der Waals surface area contributed by atoms with Gasteiger partial charge in [-0.1, -0.05) is 28.9 Å². The van der Waals surface area contributed by atoms with Gasteiger partial charge in [0.05, 0.1) is 18.7 Å². The number of amides is 2. The molecule has 0 unspecified atom stereocenters. The van der Waals surface area contributed by atoms with Crippen LogP contribution in [0.4, 0.5) is 0 Å². The number of rotatable bonds is 5. The molecule has 0 bridgehead atoms. The van der Waals surface area contributed by atoms with Crippen molar-refractivity contribution < 1.29 is 9.59 Å². The average molecular weight is 416 g/mol. The highest BCUT2D eigenvalue weighted by Crippen LogP contribution is 2.28. The fourth-order valence-electron chi connectivity index (χ4n) is 4.23. The molecule has 1 aliphatic carbocycles. The van der Waals surface area contributed by atoms with Crippen LogP contribution in [0.3, 0.4) is 0 Å². The lowest BCUT2D eigenvalue weighted by molar-refractivity contribution is -0.121. The molecule has 0 spiro atoms. The second-order valence-corrected chi connectivity index (χ2v) is 8.40. The Morgan fingerprint density at radius 2 is 1.90 bits per heavy atom. The highest BCUT2D eigenvalue weighted by atomic mass is 35.5. The molecular weight excluding hydrogens is 390 g/mol. The van der Waals surface area contributed by atoms with Crippen molar-refractivity contribution in [1.29, 1.82) is 0 Å². The van der Waals surface area contributed by atoms with E-state index in [4.69, 9.17) is 11.6 Å². The molecule has 1 N–H and O–H groups in total. The Morgan fingerprint density at radius 1 is 1.14 bits per heavy atom. The standard InChI is InChI=1S/C21H26ClN5O2/c22-16-5-3-4-15(12-16)13-20(28)23-17-6-8-18(9-7-17)27-14-19(24-25-27)21(29)26-10-1-2-11-26/h3-5,12,14,17-18H,1-2,6-11,13H2,(H,23,28). The molecule has 2 amide bonds. The molecule has 4 rings (SSSR count). The van der Waals surface area contributed by atoms with E-state index < -0.39 is 0 Å². The molecule has 8 heteroatoms. The maximum Gasteiger partial charge on any atom is 0.276 e. The average Bonchev–Trinajstić information content (AvgIpc) is 3.40. The number of carbonyl (C=O) groups is 2. The van der Waals surface area contributed by atoms with Crippen molar-refractivity contribution in [2.45, 2.75) is 57.0 Å². The largest absolute Gasteiger partial charge is 0.353 e. The number of halogens is 1. The van der Waals surface area contributed by atoms with E-state index in [-0.39, 0.29) is 23.9 Å². The van der Waals surface area contributed by atoms with Crippen LogP contribution in [0, 0.1) is 0 Å². The van der Waals surface area contributed by atoms with Crippen molar-refractivity contribution in [3.05, 3.63) is 46.7 Å². The third-order valence-electron chi connectivity index (χ3n) is 5.81. The van der Waals surface area contributed by atoms with Gasteiger partial charge < -0.3 is 10.2 Å². The maximum atomic E-state index is 12.4. The first-order valence-corrected chi connectivity index (χ1v) is 10.7. The van der Waals surface area contributed by atoms with Gasteiger partial charge in [-0.15, -0.1) is 5.10 Å². The highest BCUT2D eigenvalue weighted by molar-refractivity contribution is 6.30. The molecule has 2 heterocycles. The predicted molar refractivity (Wildman–Crippen MR) is 110 cm³/mol. The normalized spacial score (nSPS) is 21.9. The summed E-state index contributed by atoms with van der Waals surface area (Å²) in [5.74, 6) is 0.00526. The van der Waals surface area contributed by atoms with Crippen molar-refractivity contribution in [2.75, 3.05) is 13.1 Å². The molecule has 1 aliphatic heterocycles. The second-order valence-electron chi connectivity index (χ2n) is 7.96. The molecule has 1 saturated carbocycles. The molecule has 1 saturated heterocycles. The lowest BCUT2D eigenvalue weighted by atomic mass is 9.91. The van der Waals surface area contributed by atoms with Gasteiger partial charge in [0.2, 0.25) is 5.91 Å². The van der Waals surface area contributed by atoms with Crippen molar-refractivity contribution in [1.82, 2.24) is 25.2 Å². The number of nitrogens with one attached hydrogen (secondary N) is 1. The number of aromatic nitrogens is 3. The van der Waals surface area contributed by atoms with Crippen LogP contribution in [-0.2, 0) is 11.2 Å². The summed E-state index contributed by atoms with van der Waals surface area (Å²) < 4.78 is 1.83. The quantitative estimate of drug-likeness (QED) is 0.813. The van der Waals surface area contributed by atoms with E-state index in [2.05, 4.69) is 15.6 Å². The Morgan fingerprint density at radius 3 is 2.62 bits per heavy atom. The lowest BCUT2D eigenvalue weighted by Gasteiger charge is -2.29. The molecule has 2 fully saturated rings. The number of benzene rings is 1. The topological polar surface area (TPSA) is 80.1 Å². The zero-order valence-corrected chi connectivity index (χ0v) is 17.1. The van der Waals surface area contributed by atoms with Gasteiger partial charge in [0, 0.05) is 24.2 Å². The zero-order valence-electron chi connectivity index (χ0n) is 16.4. The zero-order chi connectivity index (χ0) is 20.2. The summed E-state index contributed by atoms with van der Waals surface area (Å²) >= 11 is 5.98. The van der Waals surface area contributed by atoms with E-state index in [1.54, 1.807) is 12.3 Å². The first kappa shape index (κ1) is 19.9. The highest BCUT2D eigenvalue weighted by Gasteiger charge is 2.27. The van der Waals surface area contributed by atoms with Crippen molar-refractivity contribution in [2.24, 2.45) is 0 Å². The van der Waals surface area contributed by atoms with Gasteiger partial charge in [-0.25, -0.2) is 4.68 Å². The number of carbonyl (C=O) groups excluding carboxylic acids is 2. The smallest absolute Gasteiger partial charge is 0.276 e. The van der Waals surface area contributed by atoms with Gasteiger partial charge in [-0.3, -0.25) is 9.59 Å². The van der Waals surface area contributed by atoms with Crippen LogP contribution in [0.1, 0.15) is 60.6 Å². The maximum absolute atomic E-state index is 12.4. The van der Waals surface area contributed by atoms with Gasteiger partial charge in [-0.05, 0) is 56.2 Å². The minimum Gasteiger partial charge on any atom is -0.353 e. The third kappa shape index (κ3) is 4.96. The Hall–Kier alpha value is -2.41. The van der Waals surface area contributed by atoms with E-state index in [9.17, 15) is 9.59 Å². The summed E-state index contributed by atoms with van der Waals surface area (Å²) in [5.41, 5.74) is 1.35. The molecule has 1 aromatic carbocycles. The minimum atomic E-state index is -0.0179. The molecule has 0 atom stereocenters. The fourth-order valence-corrected chi connectivity index (χ4v) is 4.44. The van der Waals surface area contributed by atoms with Crippen LogP contribution in [-0.4, -0.2) is 50.8 Å². The van der Waals surface area contributed by atoms with E-state index in [0.717, 1.165) is 57.2 Å². The first-order valence-electron chi connectivity index (χ1n) is 10.3. The fraction of sp³-hybridized carbons (Fsp3) is 0.524. The Labute approximate surface area is 175 Å². The van der Waals surface area contributed by atoms with Gasteiger partial charge in [0.15, 0.2) is 5.69 Å². The molecule has 1 aromatic heterocycles. The number of hydrogen-bond donors (Lipinski definition) is 1. The molecule has 154 valence electrons. The lowest BCUT2D eigenvalue weighted by Crippen LogP contribution is -2.38. The molecule has 7 nitrogen and oxygen atoms in total. The third-order valence-corrected chi connectivity index (χ3v) is 6.05. The van der Waals surface area contributed by atoms with Gasteiger partial charge in [0.1, 0.15) is 0 Å². The van der Waals surface area contributed by atoms with Crippen LogP contribution in [0.25, 0.3) is 0 Å². The summed E-state index contributed by atoms with van der Waals surface area (Å²) in [7, 11) is 0. The van der Waals surface area contributed by atoms with Crippen LogP contribution in [0.15, 0.2) is 30.5 Å². The summed E-state index contributed by atoms with van der Waals surface area (Å²) in [5, 5.41) is 12.1. The monoisotopic (exact) mass is 415 g/mol. The molecule has 0 radical (unpaired) electrons. The number of hydrogen-bond acceptors (Lipinski definition) is 4. The Bertz CT molecular complexity index is 869. The van der Waals surface area contributed by atoms with E-state index in [1.165, 1.54) is 0 Å². The van der Waals surface area contributed by atoms with Crippen molar-refractivity contribution in [3.63, 3.8) is 0 Å². The summed E-state index contributed by atoms with van der Waals surface area (Å²) in [4.78, 5) is 26.6. The van der Waals surface area contributed by atoms with Crippen LogP contribution in [0.5, 0.6) is 0 Å². The predicted octanol–water partition coefficient (Wildman–Crippen LogP) is 3.01. The molecule has 2 aromatic rings. The van der Waals surface area contributed by atoms with Crippen molar-refractivity contribution in [3.8, 4) is 0 Å². The van der Waals surface area contributed by atoms with Crippen LogP contribution >= 0.6 is 11.6 Å². The Balaban J connectivity index is 1.26. The first-order chi connectivity index (χ1) is 14.1. The summed E-state index contributed by atoms with van der Waals surface area (Å²) in [6.45, 7) is 1.62. The van der Waals surface area contributed by atoms with Gasteiger partial charge in [-0.2, -0.15) is 0 Å². The van der Waals surface area contributed by atoms with E-state index >= 15 is 0 Å². The molecule has 2 aliphatic rings. The van der Waals surface area contributed by atoms with Crippen LogP contribution < -0.4 is 5.32 Å². The summed E-state index contributed by atoms with van der Waals surface area (Å²) in [6.07, 6.45) is 7.84. The van der Waals surface area contributed by atoms with E-state index in [1.807, 2.05) is 27.8 Å². The molecular formula is C21H26ClN5O2. The van der Waals surface area contributed by atoms with Gasteiger partial charge in [0.25, 0.3) is 5.91 Å². The van der Waals surface area contributed by atoms with Crippen molar-refractivity contribution >= 4 is 23.4 Å². The molecule has 29 heavy (non-hydrogen) atoms. The van der Waals surface area contributed by atoms with Gasteiger partial charge >= 0.3 is 0 Å². The SMILES string of the molecule is O=C(Cc1cccc(Cl)c1)NC1CCC(n2cc(C(=O)N3CCCC3)nn2)CC1. The Kier molecular flexibility index (Phi) is 6.13. The van der Waals surface area contributed by atoms with E-state index in [0.29, 0.717) is 17.1 Å². The van der Waals surface area contributed by atoms with Crippen LogP contribution in [0.2, 0.25) is 5.02 Å². The second kappa shape index (κ2) is 8.95. The number of nitrogens with zero attached hydrogens (tertiary/aromatic N) is 4. The summed E-state index contributed by atoms with van der Waals surface area (Å²) in [6, 6.07) is 7.80.